The third-order valence-electron chi connectivity index (χ3n) is 10.8. The number of hydrogen-bond donors (Lipinski definition) is 2. The Morgan fingerprint density at radius 2 is 1.87 bits per heavy atom. The zero-order valence-electron chi connectivity index (χ0n) is 25.3. The van der Waals surface area contributed by atoms with Gasteiger partial charge in [-0.15, -0.1) is 0 Å². The Morgan fingerprint density at radius 1 is 1.09 bits per heavy atom. The summed E-state index contributed by atoms with van der Waals surface area (Å²) in [4.78, 5) is 18.7. The van der Waals surface area contributed by atoms with Crippen molar-refractivity contribution in [3.63, 3.8) is 0 Å². The number of halogens is 3. The average Bonchev–Trinajstić information content (AvgIpc) is 3.53. The molecule has 12 heteroatoms. The van der Waals surface area contributed by atoms with Gasteiger partial charge in [0.25, 0.3) is 0 Å². The van der Waals surface area contributed by atoms with Crippen LogP contribution in [0.2, 0.25) is 5.02 Å². The highest BCUT2D eigenvalue weighted by Gasteiger charge is 2.53. The number of thiazole rings is 1. The van der Waals surface area contributed by atoms with Crippen LogP contribution in [0.15, 0.2) is 42.5 Å². The highest BCUT2D eigenvalue weighted by molar-refractivity contribution is 7.22. The minimum Gasteiger partial charge on any atom is -0.461 e. The van der Waals surface area contributed by atoms with E-state index in [1.165, 1.54) is 25.0 Å². The molecule has 2 aromatic heterocycles. The van der Waals surface area contributed by atoms with Crippen LogP contribution in [-0.4, -0.2) is 69.8 Å². The Kier molecular flexibility index (Phi) is 6.30. The Bertz CT molecular complexity index is 1980. The number of nitrogens with one attached hydrogen (secondary N) is 1. The molecule has 6 heterocycles. The molecule has 2 atom stereocenters. The Hall–Kier alpha value is -3.38. The Balaban J connectivity index is 1.19. The van der Waals surface area contributed by atoms with Gasteiger partial charge >= 0.3 is 6.01 Å². The summed E-state index contributed by atoms with van der Waals surface area (Å²) in [5.41, 5.74) is 8.87. The number of piperazine rings is 1. The topological polar surface area (TPSA) is 92.4 Å². The predicted molar refractivity (Wildman–Crippen MR) is 179 cm³/mol. The van der Waals surface area contributed by atoms with E-state index in [0.717, 1.165) is 74.3 Å². The van der Waals surface area contributed by atoms with Crippen molar-refractivity contribution in [2.45, 2.75) is 55.6 Å². The minimum absolute atomic E-state index is 0.0294. The van der Waals surface area contributed by atoms with Gasteiger partial charge in [-0.25, -0.2) is 13.8 Å². The van der Waals surface area contributed by atoms with E-state index in [2.05, 4.69) is 33.3 Å². The Morgan fingerprint density at radius 3 is 2.63 bits per heavy atom. The van der Waals surface area contributed by atoms with Gasteiger partial charge < -0.3 is 20.7 Å². The fourth-order valence-corrected chi connectivity index (χ4v) is 9.78. The van der Waals surface area contributed by atoms with Gasteiger partial charge in [0.15, 0.2) is 10.9 Å². The number of nitrogens with two attached hydrogens (primary N) is 1. The molecular weight excluding hydrogens is 628 g/mol. The lowest BCUT2D eigenvalue weighted by Crippen LogP contribution is -2.61. The molecular formula is C34H34ClF2N7OS. The molecule has 8 nitrogen and oxygen atoms in total. The molecule has 0 radical (unpaired) electrons. The molecule has 238 valence electrons. The van der Waals surface area contributed by atoms with Crippen molar-refractivity contribution in [2.75, 3.05) is 43.4 Å². The first-order valence-corrected chi connectivity index (χ1v) is 17.1. The van der Waals surface area contributed by atoms with Crippen molar-refractivity contribution in [1.82, 2.24) is 25.2 Å². The zero-order valence-corrected chi connectivity index (χ0v) is 26.9. The van der Waals surface area contributed by atoms with Crippen LogP contribution in [0.4, 0.5) is 19.7 Å². The smallest absolute Gasteiger partial charge is 0.319 e. The van der Waals surface area contributed by atoms with Crippen LogP contribution in [0.3, 0.4) is 0 Å². The summed E-state index contributed by atoms with van der Waals surface area (Å²) in [5, 5.41) is 4.79. The van der Waals surface area contributed by atoms with Crippen LogP contribution in [-0.2, 0) is 0 Å². The second-order valence-electron chi connectivity index (χ2n) is 14.0. The maximum absolute atomic E-state index is 17.0. The quantitative estimate of drug-likeness (QED) is 0.227. The predicted octanol–water partition coefficient (Wildman–Crippen LogP) is 6.48. The van der Waals surface area contributed by atoms with E-state index in [-0.39, 0.29) is 48.5 Å². The van der Waals surface area contributed by atoms with Crippen molar-refractivity contribution in [2.24, 2.45) is 5.92 Å². The van der Waals surface area contributed by atoms with Gasteiger partial charge in [-0.05, 0) is 62.6 Å². The van der Waals surface area contributed by atoms with Gasteiger partial charge in [-0.3, -0.25) is 4.90 Å². The lowest BCUT2D eigenvalue weighted by atomic mass is 9.90. The van der Waals surface area contributed by atoms with Gasteiger partial charge in [0.2, 0.25) is 0 Å². The van der Waals surface area contributed by atoms with E-state index < -0.39 is 11.6 Å². The first-order chi connectivity index (χ1) is 22.1. The van der Waals surface area contributed by atoms with Crippen LogP contribution < -0.4 is 20.7 Å². The minimum atomic E-state index is -0.631. The normalized spacial score (nSPS) is 25.7. The van der Waals surface area contributed by atoms with Crippen molar-refractivity contribution in [1.29, 1.82) is 0 Å². The molecule has 1 aliphatic carbocycles. The van der Waals surface area contributed by atoms with Crippen LogP contribution in [0.5, 0.6) is 6.01 Å². The van der Waals surface area contributed by atoms with Crippen LogP contribution >= 0.6 is 22.9 Å². The molecule has 2 aromatic carbocycles. The molecule has 5 aliphatic rings. The van der Waals surface area contributed by atoms with Gasteiger partial charge in [0.05, 0.1) is 20.8 Å². The molecule has 4 aromatic rings. The third kappa shape index (κ3) is 4.38. The largest absolute Gasteiger partial charge is 0.461 e. The summed E-state index contributed by atoms with van der Waals surface area (Å²) >= 11 is 7.92. The number of fused-ring (bicyclic) bond motifs is 5. The molecule has 5 fully saturated rings. The number of hydrogen-bond acceptors (Lipinski definition) is 9. The molecule has 0 unspecified atom stereocenters. The summed E-state index contributed by atoms with van der Waals surface area (Å²) in [7, 11) is 0. The maximum atomic E-state index is 17.0. The summed E-state index contributed by atoms with van der Waals surface area (Å²) in [5.74, 6) is 0.155. The first kappa shape index (κ1) is 28.8. The second kappa shape index (κ2) is 10.1. The van der Waals surface area contributed by atoms with Crippen LogP contribution in [0, 0.1) is 17.6 Å². The molecule has 3 N–H and O–H groups in total. The molecule has 4 saturated heterocycles. The number of aromatic nitrogens is 3. The summed E-state index contributed by atoms with van der Waals surface area (Å²) in [6.45, 7) is 12.0. The summed E-state index contributed by atoms with van der Waals surface area (Å²) in [6.07, 6.45) is 6.27. The molecule has 4 aliphatic heterocycles. The van der Waals surface area contributed by atoms with Crippen LogP contribution in [0.1, 0.15) is 38.5 Å². The third-order valence-corrected chi connectivity index (χ3v) is 11.9. The monoisotopic (exact) mass is 661 g/mol. The fraction of sp³-hybridized carbons (Fsp3) is 0.441. The SMILES string of the molecule is C=C1CN2CC(=C)CC2(COc2nc(N3C[C@@H]4CC[C@](C5CC5)(C3)N4)c3cc(Cl)c(-c4ccc(F)c5sc(N)nc45)c(F)c3n2)C1. The fourth-order valence-electron chi connectivity index (χ4n) is 8.72. The molecule has 0 amide bonds. The van der Waals surface area contributed by atoms with E-state index in [0.29, 0.717) is 35.3 Å². The van der Waals surface area contributed by atoms with E-state index in [1.807, 2.05) is 0 Å². The molecule has 46 heavy (non-hydrogen) atoms. The highest BCUT2D eigenvalue weighted by atomic mass is 35.5. The van der Waals surface area contributed by atoms with E-state index >= 15 is 4.39 Å². The molecule has 9 rings (SSSR count). The number of nitrogen functional groups attached to an aromatic ring is 1. The zero-order chi connectivity index (χ0) is 31.5. The van der Waals surface area contributed by atoms with Gasteiger partial charge in [-0.1, -0.05) is 47.2 Å². The van der Waals surface area contributed by atoms with Crippen molar-refractivity contribution < 1.29 is 13.5 Å². The number of anilines is 2. The Labute approximate surface area is 274 Å². The number of rotatable bonds is 6. The number of nitrogens with zero attached hydrogens (tertiary/aromatic N) is 5. The average molecular weight is 662 g/mol. The van der Waals surface area contributed by atoms with Crippen LogP contribution in [0.25, 0.3) is 32.2 Å². The number of benzene rings is 2. The van der Waals surface area contributed by atoms with Gasteiger partial charge in [0.1, 0.15) is 23.8 Å². The van der Waals surface area contributed by atoms with Crippen molar-refractivity contribution in [3.05, 3.63) is 59.2 Å². The standard InChI is InChI=1S/C34H34ClF2N7OS/c1-17-10-33(11-18(2)13-44(33)12-17)16-45-32-40-27-22(30(41-32)43-14-20-7-8-34(15-43,42-20)19-3-4-19)9-23(35)25(26(27)37)21-5-6-24(36)29-28(21)39-31(38)46-29/h5-6,9,19-20,42H,1-4,7-8,10-16H2,(H2,38,39)/t20-,34+/m0/s1. The molecule has 1 saturated carbocycles. The summed E-state index contributed by atoms with van der Waals surface area (Å²) < 4.78 is 38.4. The molecule has 2 bridgehead atoms. The van der Waals surface area contributed by atoms with Gasteiger partial charge in [-0.2, -0.15) is 9.97 Å². The highest BCUT2D eigenvalue weighted by Crippen LogP contribution is 2.49. The maximum Gasteiger partial charge on any atom is 0.319 e. The first-order valence-electron chi connectivity index (χ1n) is 15.9. The van der Waals surface area contributed by atoms with Crippen molar-refractivity contribution >= 4 is 55.0 Å². The van der Waals surface area contributed by atoms with Gasteiger partial charge in [0, 0.05) is 54.3 Å². The van der Waals surface area contributed by atoms with E-state index in [1.54, 1.807) is 6.07 Å². The summed E-state index contributed by atoms with van der Waals surface area (Å²) in [6, 6.07) is 4.96. The van der Waals surface area contributed by atoms with Crippen molar-refractivity contribution in [3.8, 4) is 17.1 Å². The van der Waals surface area contributed by atoms with E-state index in [9.17, 15) is 4.39 Å². The molecule has 0 spiro atoms. The lowest BCUT2D eigenvalue weighted by molar-refractivity contribution is 0.108. The van der Waals surface area contributed by atoms with E-state index in [4.69, 9.17) is 32.0 Å². The second-order valence-corrected chi connectivity index (χ2v) is 15.4. The lowest BCUT2D eigenvalue weighted by Gasteiger charge is -2.42. The number of ether oxygens (including phenoxy) is 1.